The smallest absolute Gasteiger partial charge is 0.428 e. The second kappa shape index (κ2) is 6.72. The van der Waals surface area contributed by atoms with Crippen molar-refractivity contribution in [3.63, 3.8) is 0 Å². The van der Waals surface area contributed by atoms with Crippen molar-refractivity contribution in [3.8, 4) is 5.75 Å². The minimum atomic E-state index is -4.02. The number of benzene rings is 1. The number of carbonyl (C=O) groups is 1. The average molecular weight is 345 g/mol. The van der Waals surface area contributed by atoms with Gasteiger partial charge in [-0.15, -0.1) is 0 Å². The average Bonchev–Trinajstić information content (AvgIpc) is 2.39. The maximum atomic E-state index is 13.4. The highest BCUT2D eigenvalue weighted by atomic mass is 35.5. The molecule has 1 aromatic rings. The van der Waals surface area contributed by atoms with Crippen molar-refractivity contribution in [1.82, 2.24) is 0 Å². The van der Waals surface area contributed by atoms with Gasteiger partial charge in [0, 0.05) is 6.07 Å². The number of alkyl halides is 4. The molecule has 21 heavy (non-hydrogen) atoms. The van der Waals surface area contributed by atoms with Crippen molar-refractivity contribution in [2.75, 3.05) is 12.4 Å². The molecule has 0 aliphatic heterocycles. The molecule has 0 bridgehead atoms. The highest BCUT2D eigenvalue weighted by molar-refractivity contribution is 6.44. The lowest BCUT2D eigenvalue weighted by Gasteiger charge is -2.20. The first kappa shape index (κ1) is 17.2. The van der Waals surface area contributed by atoms with E-state index in [-0.39, 0.29) is 0 Å². The lowest BCUT2D eigenvalue weighted by Crippen LogP contribution is -2.32. The zero-order valence-corrected chi connectivity index (χ0v) is 11.8. The molecule has 11 heteroatoms. The number of rotatable bonds is 5. The van der Waals surface area contributed by atoms with Crippen LogP contribution in [0.2, 0.25) is 0 Å². The summed E-state index contributed by atoms with van der Waals surface area (Å²) in [5.41, 5.74) is -1.28. The van der Waals surface area contributed by atoms with Crippen molar-refractivity contribution in [1.29, 1.82) is 0 Å². The van der Waals surface area contributed by atoms with E-state index in [0.717, 1.165) is 25.3 Å². The summed E-state index contributed by atoms with van der Waals surface area (Å²) >= 11 is 10.1. The molecule has 0 aliphatic rings. The Hall–Kier alpha value is -1.87. The van der Waals surface area contributed by atoms with Gasteiger partial charge in [0.05, 0.1) is 12.0 Å². The molecule has 1 aromatic carbocycles. The van der Waals surface area contributed by atoms with Gasteiger partial charge in [-0.2, -0.15) is 8.78 Å². The zero-order chi connectivity index (χ0) is 16.2. The van der Waals surface area contributed by atoms with E-state index in [1.165, 1.54) is 0 Å². The first-order valence-corrected chi connectivity index (χ1v) is 6.03. The van der Waals surface area contributed by atoms with Crippen LogP contribution < -0.4 is 10.1 Å². The van der Waals surface area contributed by atoms with Crippen LogP contribution in [0.25, 0.3) is 0 Å². The van der Waals surface area contributed by atoms with Crippen LogP contribution in [0.1, 0.15) is 0 Å². The molecule has 0 atom stereocenters. The predicted molar refractivity (Wildman–Crippen MR) is 70.2 cm³/mol. The lowest BCUT2D eigenvalue weighted by molar-refractivity contribution is -0.384. The van der Waals surface area contributed by atoms with Crippen molar-refractivity contribution in [2.45, 2.75) is 10.9 Å². The van der Waals surface area contributed by atoms with Gasteiger partial charge in [0.25, 0.3) is 5.69 Å². The molecule has 0 aliphatic carbocycles. The summed E-state index contributed by atoms with van der Waals surface area (Å²) in [7, 11) is 0.993. The number of anilines is 1. The monoisotopic (exact) mass is 344 g/mol. The summed E-state index contributed by atoms with van der Waals surface area (Å²) in [5.74, 6) is -0.689. The number of methoxy groups -OCH3 is 1. The van der Waals surface area contributed by atoms with Crippen LogP contribution in [0, 0.1) is 10.1 Å². The highest BCUT2D eigenvalue weighted by Crippen LogP contribution is 2.39. The number of amides is 1. The quantitative estimate of drug-likeness (QED) is 0.501. The topological polar surface area (TPSA) is 90.7 Å². The number of hydrogen-bond acceptors (Lipinski definition) is 5. The lowest BCUT2D eigenvalue weighted by atomic mass is 10.2. The van der Waals surface area contributed by atoms with E-state index in [1.807, 2.05) is 5.32 Å². The molecule has 0 heterocycles. The fourth-order valence-electron chi connectivity index (χ4n) is 1.23. The normalized spacial score (nSPS) is 11.1. The molecule has 7 nitrogen and oxygen atoms in total. The van der Waals surface area contributed by atoms with E-state index >= 15 is 0 Å². The molecule has 0 saturated heterocycles. The molecule has 1 amide bonds. The van der Waals surface area contributed by atoms with Crippen LogP contribution >= 0.6 is 23.2 Å². The molecular weight excluding hydrogens is 337 g/mol. The number of carbonyl (C=O) groups excluding carboxylic acids is 1. The Balaban J connectivity index is 3.27. The molecule has 0 unspecified atom stereocenters. The molecule has 0 saturated carbocycles. The Morgan fingerprint density at radius 1 is 1.48 bits per heavy atom. The largest absolute Gasteiger partial charge is 0.453 e. The zero-order valence-electron chi connectivity index (χ0n) is 10.3. The van der Waals surface area contributed by atoms with Gasteiger partial charge >= 0.3 is 12.2 Å². The number of para-hydroxylation sites is 1. The van der Waals surface area contributed by atoms with Gasteiger partial charge in [0.2, 0.25) is 4.84 Å². The maximum absolute atomic E-state index is 13.4. The van der Waals surface area contributed by atoms with Gasteiger partial charge in [0.1, 0.15) is 0 Å². The van der Waals surface area contributed by atoms with Gasteiger partial charge in [-0.1, -0.05) is 29.3 Å². The second-order valence-corrected chi connectivity index (χ2v) is 4.58. The van der Waals surface area contributed by atoms with Gasteiger partial charge in [0.15, 0.2) is 11.4 Å². The van der Waals surface area contributed by atoms with Crippen molar-refractivity contribution in [2.24, 2.45) is 0 Å². The van der Waals surface area contributed by atoms with Crippen LogP contribution in [-0.2, 0) is 4.74 Å². The number of hydrogen-bond donors (Lipinski definition) is 1. The van der Waals surface area contributed by atoms with E-state index in [0.29, 0.717) is 0 Å². The minimum Gasteiger partial charge on any atom is -0.453 e. The molecule has 0 radical (unpaired) electrons. The van der Waals surface area contributed by atoms with Crippen LogP contribution in [-0.4, -0.2) is 29.1 Å². The first-order chi connectivity index (χ1) is 9.69. The van der Waals surface area contributed by atoms with E-state index in [9.17, 15) is 23.7 Å². The van der Waals surface area contributed by atoms with Gasteiger partial charge in [-0.3, -0.25) is 15.4 Å². The Labute approximate surface area is 126 Å². The fourth-order valence-corrected chi connectivity index (χ4v) is 1.32. The number of nitro groups is 1. The number of ether oxygens (including phenoxy) is 2. The summed E-state index contributed by atoms with van der Waals surface area (Å²) in [6, 6.07) is 3.04. The number of nitrogens with zero attached hydrogens (tertiary/aromatic N) is 1. The van der Waals surface area contributed by atoms with Crippen LogP contribution in [0.5, 0.6) is 5.75 Å². The highest BCUT2D eigenvalue weighted by Gasteiger charge is 2.41. The predicted octanol–water partition coefficient (Wildman–Crippen LogP) is 3.55. The molecule has 0 fully saturated rings. The standard InChI is InChI=1S/C10H8Cl2F2N2O5/c1-20-9(17)15-7-5(16(18)19)3-2-4-6(7)21-10(13,14)8(11)12/h2-4,8H,1H3,(H,15,17). The molecule has 0 aromatic heterocycles. The SMILES string of the molecule is COC(=O)Nc1c(OC(F)(F)C(Cl)Cl)cccc1[N+](=O)[O-]. The summed E-state index contributed by atoms with van der Waals surface area (Å²) < 4.78 is 35.2. The summed E-state index contributed by atoms with van der Waals surface area (Å²) in [4.78, 5) is 18.9. The second-order valence-electron chi connectivity index (χ2n) is 3.49. The van der Waals surface area contributed by atoms with E-state index in [2.05, 4.69) is 9.47 Å². The van der Waals surface area contributed by atoms with Gasteiger partial charge < -0.3 is 9.47 Å². The van der Waals surface area contributed by atoms with Crippen molar-refractivity contribution >= 4 is 40.7 Å². The Kier molecular flexibility index (Phi) is 5.50. The number of halogens is 4. The molecule has 0 spiro atoms. The van der Waals surface area contributed by atoms with Crippen LogP contribution in [0.15, 0.2) is 18.2 Å². The van der Waals surface area contributed by atoms with Crippen LogP contribution in [0.3, 0.4) is 0 Å². The maximum Gasteiger partial charge on any atom is 0.428 e. The molecule has 1 N–H and O–H groups in total. The summed E-state index contributed by atoms with van der Waals surface area (Å²) in [6.45, 7) is 0. The molecule has 1 rings (SSSR count). The molecular formula is C10H8Cl2F2N2O5. The third kappa shape index (κ3) is 4.30. The Morgan fingerprint density at radius 3 is 2.57 bits per heavy atom. The van der Waals surface area contributed by atoms with E-state index in [1.54, 1.807) is 0 Å². The fraction of sp³-hybridized carbons (Fsp3) is 0.300. The van der Waals surface area contributed by atoms with Gasteiger partial charge in [-0.05, 0) is 6.07 Å². The van der Waals surface area contributed by atoms with E-state index < -0.39 is 39.1 Å². The minimum absolute atomic E-state index is 0.608. The van der Waals surface area contributed by atoms with Crippen LogP contribution in [0.4, 0.5) is 25.0 Å². The third-order valence-corrected chi connectivity index (χ3v) is 2.62. The Morgan fingerprint density at radius 2 is 2.10 bits per heavy atom. The number of nitrogens with one attached hydrogen (secondary N) is 1. The molecule has 116 valence electrons. The Bertz CT molecular complexity index is 556. The summed E-state index contributed by atoms with van der Waals surface area (Å²) in [6.07, 6.45) is -5.13. The number of nitro benzene ring substituents is 1. The third-order valence-electron chi connectivity index (χ3n) is 2.11. The first-order valence-electron chi connectivity index (χ1n) is 5.16. The summed E-state index contributed by atoms with van der Waals surface area (Å²) in [5, 5.41) is 12.8. The van der Waals surface area contributed by atoms with E-state index in [4.69, 9.17) is 23.2 Å². The van der Waals surface area contributed by atoms with Crippen molar-refractivity contribution in [3.05, 3.63) is 28.3 Å². The van der Waals surface area contributed by atoms with Gasteiger partial charge in [-0.25, -0.2) is 4.79 Å². The van der Waals surface area contributed by atoms with Crippen molar-refractivity contribution < 1.29 is 28.0 Å².